The van der Waals surface area contributed by atoms with E-state index in [0.29, 0.717) is 0 Å². The third-order valence-electron chi connectivity index (χ3n) is 3.92. The van der Waals surface area contributed by atoms with Gasteiger partial charge in [-0.05, 0) is 23.8 Å². The van der Waals surface area contributed by atoms with E-state index < -0.39 is 5.97 Å². The molecular formula is C16H18FN3O2. The summed E-state index contributed by atoms with van der Waals surface area (Å²) in [4.78, 5) is 18.1. The van der Waals surface area contributed by atoms with Gasteiger partial charge in [0.15, 0.2) is 0 Å². The minimum Gasteiger partial charge on any atom is -0.480 e. The zero-order chi connectivity index (χ0) is 15.5. The maximum atomic E-state index is 13.0. The van der Waals surface area contributed by atoms with E-state index in [2.05, 4.69) is 9.88 Å². The number of carbonyl (C=O) groups is 1. The summed E-state index contributed by atoms with van der Waals surface area (Å²) >= 11 is 0. The van der Waals surface area contributed by atoms with Crippen LogP contribution >= 0.6 is 0 Å². The Balaban J connectivity index is 1.65. The maximum absolute atomic E-state index is 13.0. The standard InChI is InChI=1S/C16H18FN3O2/c17-14-3-1-12(2-4-14)13-9-15(18-10-13)20-7-5-19(6-8-20)11-16(21)22/h1-4,9-10,18H,5-8,11H2,(H,21,22). The molecule has 3 rings (SSSR count). The summed E-state index contributed by atoms with van der Waals surface area (Å²) in [6.07, 6.45) is 1.91. The van der Waals surface area contributed by atoms with Gasteiger partial charge >= 0.3 is 5.97 Å². The highest BCUT2D eigenvalue weighted by molar-refractivity contribution is 5.69. The molecular weight excluding hydrogens is 285 g/mol. The highest BCUT2D eigenvalue weighted by Crippen LogP contribution is 2.25. The van der Waals surface area contributed by atoms with Crippen LogP contribution in [0.25, 0.3) is 11.1 Å². The number of aliphatic carboxylic acids is 1. The van der Waals surface area contributed by atoms with Gasteiger partial charge in [0.25, 0.3) is 0 Å². The van der Waals surface area contributed by atoms with Gasteiger partial charge in [0.2, 0.25) is 0 Å². The SMILES string of the molecule is O=C(O)CN1CCN(c2cc(-c3ccc(F)cc3)c[nH]2)CC1. The molecule has 1 aliphatic heterocycles. The molecule has 1 aromatic heterocycles. The molecule has 1 aromatic carbocycles. The van der Waals surface area contributed by atoms with Crippen LogP contribution in [-0.4, -0.2) is 53.7 Å². The number of H-pyrrole nitrogens is 1. The van der Waals surface area contributed by atoms with E-state index in [9.17, 15) is 9.18 Å². The molecule has 0 radical (unpaired) electrons. The van der Waals surface area contributed by atoms with E-state index in [1.54, 1.807) is 12.1 Å². The predicted molar refractivity (Wildman–Crippen MR) is 82.5 cm³/mol. The van der Waals surface area contributed by atoms with Gasteiger partial charge in [-0.15, -0.1) is 0 Å². The van der Waals surface area contributed by atoms with E-state index in [4.69, 9.17) is 5.11 Å². The van der Waals surface area contributed by atoms with Crippen LogP contribution < -0.4 is 4.90 Å². The molecule has 6 heteroatoms. The molecule has 2 aromatic rings. The third-order valence-corrected chi connectivity index (χ3v) is 3.92. The molecule has 0 unspecified atom stereocenters. The van der Waals surface area contributed by atoms with Crippen LogP contribution in [0.15, 0.2) is 36.5 Å². The molecule has 0 bridgehead atoms. The topological polar surface area (TPSA) is 59.6 Å². The van der Waals surface area contributed by atoms with Crippen molar-refractivity contribution < 1.29 is 14.3 Å². The summed E-state index contributed by atoms with van der Waals surface area (Å²) in [5.41, 5.74) is 1.98. The number of aromatic amines is 1. The second-order valence-corrected chi connectivity index (χ2v) is 5.44. The average molecular weight is 303 g/mol. The van der Waals surface area contributed by atoms with Crippen LogP contribution in [0.3, 0.4) is 0 Å². The summed E-state index contributed by atoms with van der Waals surface area (Å²) < 4.78 is 13.0. The van der Waals surface area contributed by atoms with E-state index >= 15 is 0 Å². The largest absolute Gasteiger partial charge is 0.480 e. The Labute approximate surface area is 128 Å². The zero-order valence-corrected chi connectivity index (χ0v) is 12.1. The lowest BCUT2D eigenvalue weighted by molar-refractivity contribution is -0.138. The van der Waals surface area contributed by atoms with Crippen LogP contribution in [0.2, 0.25) is 0 Å². The van der Waals surface area contributed by atoms with E-state index in [0.717, 1.165) is 43.1 Å². The monoisotopic (exact) mass is 303 g/mol. The Morgan fingerprint density at radius 1 is 1.14 bits per heavy atom. The molecule has 2 heterocycles. The fraction of sp³-hybridized carbons (Fsp3) is 0.312. The number of anilines is 1. The maximum Gasteiger partial charge on any atom is 0.317 e. The summed E-state index contributed by atoms with van der Waals surface area (Å²) in [6, 6.07) is 8.46. The average Bonchev–Trinajstić information content (AvgIpc) is 2.98. The van der Waals surface area contributed by atoms with Gasteiger partial charge < -0.3 is 15.0 Å². The van der Waals surface area contributed by atoms with Gasteiger partial charge in [-0.3, -0.25) is 9.69 Å². The quantitative estimate of drug-likeness (QED) is 0.907. The Morgan fingerprint density at radius 2 is 1.82 bits per heavy atom. The van der Waals surface area contributed by atoms with E-state index in [1.807, 2.05) is 17.2 Å². The molecule has 22 heavy (non-hydrogen) atoms. The number of carboxylic acid groups (broad SMARTS) is 1. The number of benzene rings is 1. The van der Waals surface area contributed by atoms with Crippen molar-refractivity contribution in [3.8, 4) is 11.1 Å². The van der Waals surface area contributed by atoms with Crippen LogP contribution in [0.5, 0.6) is 0 Å². The second-order valence-electron chi connectivity index (χ2n) is 5.44. The highest BCUT2D eigenvalue weighted by Gasteiger charge is 2.19. The lowest BCUT2D eigenvalue weighted by Crippen LogP contribution is -2.48. The minimum atomic E-state index is -0.785. The van der Waals surface area contributed by atoms with Gasteiger partial charge in [-0.1, -0.05) is 12.1 Å². The van der Waals surface area contributed by atoms with Crippen molar-refractivity contribution in [3.63, 3.8) is 0 Å². The number of aromatic nitrogens is 1. The predicted octanol–water partition coefficient (Wildman–Crippen LogP) is 2.03. The van der Waals surface area contributed by atoms with Crippen molar-refractivity contribution in [2.24, 2.45) is 0 Å². The zero-order valence-electron chi connectivity index (χ0n) is 12.1. The van der Waals surface area contributed by atoms with Gasteiger partial charge in [-0.25, -0.2) is 4.39 Å². The number of nitrogens with zero attached hydrogens (tertiary/aromatic N) is 2. The van der Waals surface area contributed by atoms with Crippen molar-refractivity contribution in [3.05, 3.63) is 42.3 Å². The number of halogens is 1. The fourth-order valence-electron chi connectivity index (χ4n) is 2.71. The number of carboxylic acids is 1. The molecule has 0 atom stereocenters. The molecule has 5 nitrogen and oxygen atoms in total. The Morgan fingerprint density at radius 3 is 2.45 bits per heavy atom. The molecule has 0 spiro atoms. The number of nitrogens with one attached hydrogen (secondary N) is 1. The summed E-state index contributed by atoms with van der Waals surface area (Å²) in [5, 5.41) is 8.81. The van der Waals surface area contributed by atoms with Crippen LogP contribution in [0.4, 0.5) is 10.2 Å². The molecule has 0 saturated carbocycles. The van der Waals surface area contributed by atoms with Gasteiger partial charge in [-0.2, -0.15) is 0 Å². The van der Waals surface area contributed by atoms with Crippen molar-refractivity contribution in [1.29, 1.82) is 0 Å². The Bertz CT molecular complexity index is 646. The molecule has 1 saturated heterocycles. The van der Waals surface area contributed by atoms with Crippen LogP contribution in [0.1, 0.15) is 0 Å². The Kier molecular flexibility index (Phi) is 4.11. The molecule has 0 amide bonds. The van der Waals surface area contributed by atoms with Crippen molar-refractivity contribution in [2.45, 2.75) is 0 Å². The molecule has 1 fully saturated rings. The van der Waals surface area contributed by atoms with Gasteiger partial charge in [0.1, 0.15) is 11.6 Å². The van der Waals surface area contributed by atoms with Crippen LogP contribution in [-0.2, 0) is 4.79 Å². The molecule has 116 valence electrons. The van der Waals surface area contributed by atoms with E-state index in [1.165, 1.54) is 12.1 Å². The van der Waals surface area contributed by atoms with Crippen molar-refractivity contribution >= 4 is 11.8 Å². The molecule has 1 aliphatic rings. The first-order valence-electron chi connectivity index (χ1n) is 7.25. The third kappa shape index (κ3) is 3.28. The van der Waals surface area contributed by atoms with Crippen molar-refractivity contribution in [2.75, 3.05) is 37.6 Å². The molecule has 0 aliphatic carbocycles. The smallest absolute Gasteiger partial charge is 0.317 e. The first-order chi connectivity index (χ1) is 10.6. The second kappa shape index (κ2) is 6.19. The molecule has 2 N–H and O–H groups in total. The first kappa shape index (κ1) is 14.6. The van der Waals surface area contributed by atoms with Crippen molar-refractivity contribution in [1.82, 2.24) is 9.88 Å². The van der Waals surface area contributed by atoms with Crippen LogP contribution in [0, 0.1) is 5.82 Å². The number of hydrogen-bond donors (Lipinski definition) is 2. The van der Waals surface area contributed by atoms with Gasteiger partial charge in [0, 0.05) is 37.9 Å². The summed E-state index contributed by atoms with van der Waals surface area (Å²) in [5.74, 6) is -0.0183. The first-order valence-corrected chi connectivity index (χ1v) is 7.25. The number of piperazine rings is 1. The minimum absolute atomic E-state index is 0.0966. The fourth-order valence-corrected chi connectivity index (χ4v) is 2.71. The highest BCUT2D eigenvalue weighted by atomic mass is 19.1. The normalized spacial score (nSPS) is 16.0. The summed E-state index contributed by atoms with van der Waals surface area (Å²) in [7, 11) is 0. The Hall–Kier alpha value is -2.34. The lowest BCUT2D eigenvalue weighted by Gasteiger charge is -2.34. The number of hydrogen-bond acceptors (Lipinski definition) is 3. The van der Waals surface area contributed by atoms with E-state index in [-0.39, 0.29) is 12.4 Å². The number of rotatable bonds is 4. The summed E-state index contributed by atoms with van der Waals surface area (Å²) in [6.45, 7) is 3.14. The van der Waals surface area contributed by atoms with Gasteiger partial charge in [0.05, 0.1) is 6.54 Å². The lowest BCUT2D eigenvalue weighted by atomic mass is 10.1.